The zero-order valence-electron chi connectivity index (χ0n) is 16.7. The van der Waals surface area contributed by atoms with Crippen molar-refractivity contribution in [1.82, 2.24) is 14.8 Å². The minimum Gasteiger partial charge on any atom is -0.493 e. The van der Waals surface area contributed by atoms with Gasteiger partial charge in [-0.05, 0) is 38.0 Å². The molecule has 8 heteroatoms. The lowest BCUT2D eigenvalue weighted by atomic mass is 9.93. The van der Waals surface area contributed by atoms with Gasteiger partial charge in [-0.3, -0.25) is 0 Å². The number of benzene rings is 1. The fraction of sp³-hybridized carbons (Fsp3) is 0.450. The molecule has 0 bridgehead atoms. The molecule has 2 aromatic rings. The second kappa shape index (κ2) is 8.77. The van der Waals surface area contributed by atoms with Crippen molar-refractivity contribution in [2.75, 3.05) is 25.6 Å². The average Bonchev–Trinajstić information content (AvgIpc) is 3.16. The normalized spacial score (nSPS) is 15.6. The van der Waals surface area contributed by atoms with Gasteiger partial charge in [0.1, 0.15) is 12.4 Å². The quantitative estimate of drug-likeness (QED) is 0.696. The average molecular weight is 386 g/mol. The van der Waals surface area contributed by atoms with Crippen molar-refractivity contribution < 1.29 is 19.0 Å². The molecule has 150 valence electrons. The summed E-state index contributed by atoms with van der Waals surface area (Å²) in [6, 6.07) is 5.16. The molecule has 0 aliphatic carbocycles. The van der Waals surface area contributed by atoms with Gasteiger partial charge in [-0.25, -0.2) is 9.48 Å². The zero-order valence-corrected chi connectivity index (χ0v) is 16.7. The van der Waals surface area contributed by atoms with Gasteiger partial charge < -0.3 is 19.5 Å². The number of nitrogens with one attached hydrogen (secondary N) is 1. The minimum absolute atomic E-state index is 0.297. The van der Waals surface area contributed by atoms with Gasteiger partial charge in [0.15, 0.2) is 11.5 Å². The lowest BCUT2D eigenvalue weighted by Gasteiger charge is -2.29. The first-order valence-electron chi connectivity index (χ1n) is 9.51. The molecule has 0 radical (unpaired) electrons. The number of hydrogen-bond donors (Lipinski definition) is 1. The number of esters is 1. The Balaban J connectivity index is 2.15. The van der Waals surface area contributed by atoms with Crippen LogP contribution in [0.4, 0.5) is 5.95 Å². The number of aromatic nitrogens is 3. The standard InChI is InChI=1S/C20H26N4O4/c1-5-8-14-17(19(25)28-7-3)18(24-20(23-14)21-12-22-24)13-9-10-15(27-6-2)16(11-13)26-4/h9-12,18H,5-8H2,1-4H3,(H,21,22,23). The summed E-state index contributed by atoms with van der Waals surface area (Å²) < 4.78 is 18.2. The molecule has 0 fully saturated rings. The van der Waals surface area contributed by atoms with Crippen molar-refractivity contribution in [3.63, 3.8) is 0 Å². The molecule has 1 unspecified atom stereocenters. The number of allylic oxidation sites excluding steroid dienone is 1. The van der Waals surface area contributed by atoms with E-state index in [0.717, 1.165) is 17.7 Å². The summed E-state index contributed by atoms with van der Waals surface area (Å²) >= 11 is 0. The summed E-state index contributed by atoms with van der Waals surface area (Å²) in [7, 11) is 1.59. The van der Waals surface area contributed by atoms with E-state index in [4.69, 9.17) is 14.2 Å². The van der Waals surface area contributed by atoms with Crippen LogP contribution >= 0.6 is 0 Å². The molecule has 28 heavy (non-hydrogen) atoms. The molecule has 2 heterocycles. The molecule has 1 aromatic carbocycles. The Labute approximate surface area is 164 Å². The summed E-state index contributed by atoms with van der Waals surface area (Å²) in [5.41, 5.74) is 2.18. The van der Waals surface area contributed by atoms with Gasteiger partial charge in [0, 0.05) is 5.70 Å². The molecule has 0 spiro atoms. The van der Waals surface area contributed by atoms with Gasteiger partial charge in [0.25, 0.3) is 0 Å². The molecule has 0 amide bonds. The molecule has 3 rings (SSSR count). The predicted molar refractivity (Wildman–Crippen MR) is 105 cm³/mol. The number of anilines is 1. The largest absolute Gasteiger partial charge is 0.493 e. The Bertz CT molecular complexity index is 875. The second-order valence-electron chi connectivity index (χ2n) is 6.26. The highest BCUT2D eigenvalue weighted by Gasteiger charge is 2.35. The summed E-state index contributed by atoms with van der Waals surface area (Å²) in [5.74, 6) is 1.48. The van der Waals surface area contributed by atoms with Crippen LogP contribution in [-0.2, 0) is 9.53 Å². The first-order chi connectivity index (χ1) is 13.6. The van der Waals surface area contributed by atoms with E-state index >= 15 is 0 Å². The molecule has 1 aliphatic heterocycles. The first-order valence-corrected chi connectivity index (χ1v) is 9.51. The van der Waals surface area contributed by atoms with Crippen molar-refractivity contribution in [2.45, 2.75) is 39.7 Å². The summed E-state index contributed by atoms with van der Waals surface area (Å²) in [6.07, 6.45) is 3.04. The van der Waals surface area contributed by atoms with Crippen LogP contribution in [-0.4, -0.2) is 41.1 Å². The second-order valence-corrected chi connectivity index (χ2v) is 6.26. The van der Waals surface area contributed by atoms with Crippen LogP contribution in [0.15, 0.2) is 35.8 Å². The number of rotatable bonds is 8. The van der Waals surface area contributed by atoms with Gasteiger partial charge in [-0.15, -0.1) is 0 Å². The van der Waals surface area contributed by atoms with Crippen LogP contribution in [0, 0.1) is 0 Å². The highest BCUT2D eigenvalue weighted by molar-refractivity contribution is 5.92. The first kappa shape index (κ1) is 19.7. The van der Waals surface area contributed by atoms with E-state index in [9.17, 15) is 4.79 Å². The van der Waals surface area contributed by atoms with Gasteiger partial charge >= 0.3 is 5.97 Å². The molecular weight excluding hydrogens is 360 g/mol. The predicted octanol–water partition coefficient (Wildman–Crippen LogP) is 3.32. The van der Waals surface area contributed by atoms with Crippen LogP contribution in [0.1, 0.15) is 45.2 Å². The Kier molecular flexibility index (Phi) is 6.18. The van der Waals surface area contributed by atoms with E-state index in [-0.39, 0.29) is 5.97 Å². The van der Waals surface area contributed by atoms with Crippen molar-refractivity contribution in [3.05, 3.63) is 41.4 Å². The van der Waals surface area contributed by atoms with E-state index < -0.39 is 6.04 Å². The Morgan fingerprint density at radius 2 is 2.04 bits per heavy atom. The summed E-state index contributed by atoms with van der Waals surface area (Å²) in [4.78, 5) is 17.2. The fourth-order valence-electron chi connectivity index (χ4n) is 3.35. The SMILES string of the molecule is CCCC1=C(C(=O)OCC)C(c2ccc(OCC)c(OC)c2)n2ncnc2N1. The summed E-state index contributed by atoms with van der Waals surface area (Å²) in [5, 5.41) is 7.58. The van der Waals surface area contributed by atoms with Crippen molar-refractivity contribution in [1.29, 1.82) is 0 Å². The number of ether oxygens (including phenoxy) is 3. The third-order valence-corrected chi connectivity index (χ3v) is 4.48. The monoisotopic (exact) mass is 386 g/mol. The number of fused-ring (bicyclic) bond motifs is 1. The van der Waals surface area contributed by atoms with Crippen molar-refractivity contribution in [2.24, 2.45) is 0 Å². The number of methoxy groups -OCH3 is 1. The molecular formula is C20H26N4O4. The molecule has 0 saturated heterocycles. The Morgan fingerprint density at radius 3 is 2.71 bits per heavy atom. The maximum atomic E-state index is 12.9. The lowest BCUT2D eigenvalue weighted by molar-refractivity contribution is -0.139. The molecule has 1 aliphatic rings. The van der Waals surface area contributed by atoms with E-state index in [1.54, 1.807) is 18.7 Å². The number of carbonyl (C=O) groups excluding carboxylic acids is 1. The van der Waals surface area contributed by atoms with Crippen LogP contribution in [0.3, 0.4) is 0 Å². The third kappa shape index (κ3) is 3.67. The minimum atomic E-state index is -0.469. The maximum absolute atomic E-state index is 12.9. The van der Waals surface area contributed by atoms with Gasteiger partial charge in [0.05, 0.1) is 25.9 Å². The van der Waals surface area contributed by atoms with Gasteiger partial charge in [0.2, 0.25) is 5.95 Å². The highest BCUT2D eigenvalue weighted by Crippen LogP contribution is 2.39. The molecule has 0 saturated carbocycles. The number of carbonyl (C=O) groups is 1. The van der Waals surface area contributed by atoms with Gasteiger partial charge in [-0.2, -0.15) is 10.1 Å². The van der Waals surface area contributed by atoms with E-state index in [2.05, 4.69) is 22.3 Å². The lowest BCUT2D eigenvalue weighted by Crippen LogP contribution is -2.30. The topological polar surface area (TPSA) is 87.5 Å². The molecule has 8 nitrogen and oxygen atoms in total. The number of nitrogens with zero attached hydrogens (tertiary/aromatic N) is 3. The Morgan fingerprint density at radius 1 is 1.21 bits per heavy atom. The van der Waals surface area contributed by atoms with E-state index in [1.807, 2.05) is 25.1 Å². The van der Waals surface area contributed by atoms with Crippen molar-refractivity contribution in [3.8, 4) is 11.5 Å². The Hall–Kier alpha value is -3.03. The zero-order chi connectivity index (χ0) is 20.1. The van der Waals surface area contributed by atoms with Crippen LogP contribution in [0.2, 0.25) is 0 Å². The highest BCUT2D eigenvalue weighted by atomic mass is 16.5. The fourth-order valence-corrected chi connectivity index (χ4v) is 3.35. The van der Waals surface area contributed by atoms with Crippen LogP contribution in [0.25, 0.3) is 0 Å². The molecule has 1 atom stereocenters. The molecule has 1 aromatic heterocycles. The smallest absolute Gasteiger partial charge is 0.338 e. The summed E-state index contributed by atoms with van der Waals surface area (Å²) in [6.45, 7) is 6.60. The van der Waals surface area contributed by atoms with E-state index in [0.29, 0.717) is 42.7 Å². The number of hydrogen-bond acceptors (Lipinski definition) is 7. The van der Waals surface area contributed by atoms with Crippen LogP contribution < -0.4 is 14.8 Å². The third-order valence-electron chi connectivity index (χ3n) is 4.48. The van der Waals surface area contributed by atoms with E-state index in [1.165, 1.54) is 6.33 Å². The molecule has 1 N–H and O–H groups in total. The van der Waals surface area contributed by atoms with Crippen LogP contribution in [0.5, 0.6) is 11.5 Å². The van der Waals surface area contributed by atoms with Crippen molar-refractivity contribution >= 4 is 11.9 Å². The maximum Gasteiger partial charge on any atom is 0.338 e. The van der Waals surface area contributed by atoms with Gasteiger partial charge in [-0.1, -0.05) is 19.4 Å².